The predicted molar refractivity (Wildman–Crippen MR) is 116 cm³/mol. The van der Waals surface area contributed by atoms with E-state index >= 15 is 0 Å². The van der Waals surface area contributed by atoms with E-state index < -0.39 is 0 Å². The Hall–Kier alpha value is -0.830. The van der Waals surface area contributed by atoms with Crippen molar-refractivity contribution in [3.05, 3.63) is 48.6 Å². The van der Waals surface area contributed by atoms with Gasteiger partial charge in [-0.2, -0.15) is 0 Å². The molecule has 1 aromatic rings. The molecule has 0 saturated heterocycles. The van der Waals surface area contributed by atoms with E-state index in [0.29, 0.717) is 0 Å². The van der Waals surface area contributed by atoms with E-state index in [1.54, 1.807) is 6.08 Å². The van der Waals surface area contributed by atoms with Crippen LogP contribution in [0.1, 0.15) is 70.8 Å². The average Bonchev–Trinajstić information content (AvgIpc) is 2.61. The van der Waals surface area contributed by atoms with Crippen molar-refractivity contribution >= 4 is 0 Å². The molecule has 0 aromatic heterocycles. The van der Waals surface area contributed by atoms with Crippen LogP contribution in [0.2, 0.25) is 0 Å². The highest BCUT2D eigenvalue weighted by molar-refractivity contribution is 5.13. The summed E-state index contributed by atoms with van der Waals surface area (Å²) in [5.41, 5.74) is 1.40. The number of ether oxygens (including phenoxy) is 1. The molecule has 0 spiro atoms. The van der Waals surface area contributed by atoms with Gasteiger partial charge in [-0.05, 0) is 13.3 Å². The first-order valence-electron chi connectivity index (χ1n) is 10.6. The lowest BCUT2D eigenvalue weighted by Crippen LogP contribution is -3.00. The number of unbranched alkanes of at least 4 members (excludes halogenated alkanes) is 7. The fraction of sp³-hybridized carbons (Fsp3) is 0.667. The number of allylic oxidation sites excluding steroid dienone is 1. The molecule has 0 unspecified atom stereocenters. The third-order valence-electron chi connectivity index (χ3n) is 4.44. The highest BCUT2D eigenvalue weighted by Crippen LogP contribution is 2.10. The maximum Gasteiger partial charge on any atom is 0.104 e. The van der Waals surface area contributed by atoms with Gasteiger partial charge in [-0.15, -0.1) is 6.58 Å². The summed E-state index contributed by atoms with van der Waals surface area (Å²) in [6, 6.07) is 10.7. The normalized spacial score (nSPS) is 10.5. The molecule has 0 heterocycles. The van der Waals surface area contributed by atoms with Crippen LogP contribution in [0, 0.1) is 0 Å². The molecule has 1 aromatic carbocycles. The zero-order chi connectivity index (χ0) is 19.5. The first-order valence-corrected chi connectivity index (χ1v) is 10.6. The zero-order valence-electron chi connectivity index (χ0n) is 18.4. The molecule has 2 nitrogen and oxygen atoms in total. The van der Waals surface area contributed by atoms with Crippen LogP contribution >= 0.6 is 0 Å². The van der Waals surface area contributed by atoms with Crippen molar-refractivity contribution in [2.24, 2.45) is 0 Å². The monoisotopic (exact) mass is 397 g/mol. The van der Waals surface area contributed by atoms with Crippen LogP contribution in [0.5, 0.6) is 0 Å². The van der Waals surface area contributed by atoms with Gasteiger partial charge in [0.15, 0.2) is 0 Å². The Morgan fingerprint density at radius 2 is 1.41 bits per heavy atom. The van der Waals surface area contributed by atoms with Crippen LogP contribution in [0.4, 0.5) is 0 Å². The highest BCUT2D eigenvalue weighted by Gasteiger charge is 2.15. The molecule has 0 N–H and O–H groups in total. The minimum absolute atomic E-state index is 0. The minimum Gasteiger partial charge on any atom is -1.00 e. The second-order valence-electron chi connectivity index (χ2n) is 7.80. The summed E-state index contributed by atoms with van der Waals surface area (Å²) in [6.07, 6.45) is 12.7. The van der Waals surface area contributed by atoms with E-state index in [-0.39, 0.29) is 12.4 Å². The Balaban J connectivity index is 0. The molecule has 0 bridgehead atoms. The molecule has 0 aliphatic rings. The average molecular weight is 398 g/mol. The Labute approximate surface area is 176 Å². The van der Waals surface area contributed by atoms with E-state index in [4.69, 9.17) is 4.74 Å². The number of benzene rings is 1. The fourth-order valence-corrected chi connectivity index (χ4v) is 2.91. The summed E-state index contributed by atoms with van der Waals surface area (Å²) >= 11 is 0. The molecule has 0 aliphatic carbocycles. The van der Waals surface area contributed by atoms with Gasteiger partial charge in [0.25, 0.3) is 0 Å². The van der Waals surface area contributed by atoms with Gasteiger partial charge in [0.1, 0.15) is 13.1 Å². The molecule has 3 heteroatoms. The number of hydrogen-bond donors (Lipinski definition) is 0. The van der Waals surface area contributed by atoms with Gasteiger partial charge in [-0.25, -0.2) is 0 Å². The number of halogens is 1. The molecule has 27 heavy (non-hydrogen) atoms. The van der Waals surface area contributed by atoms with Crippen molar-refractivity contribution in [3.8, 4) is 0 Å². The van der Waals surface area contributed by atoms with E-state index in [1.165, 1.54) is 56.9 Å². The van der Waals surface area contributed by atoms with Crippen molar-refractivity contribution in [2.75, 3.05) is 33.9 Å². The van der Waals surface area contributed by atoms with Crippen LogP contribution < -0.4 is 12.4 Å². The molecule has 0 radical (unpaired) electrons. The molecular weight excluding hydrogens is 354 g/mol. The van der Waals surface area contributed by atoms with Crippen molar-refractivity contribution in [2.45, 2.75) is 71.8 Å². The number of rotatable bonds is 14. The van der Waals surface area contributed by atoms with Gasteiger partial charge in [0.2, 0.25) is 0 Å². The van der Waals surface area contributed by atoms with Gasteiger partial charge in [0.05, 0.1) is 20.7 Å². The van der Waals surface area contributed by atoms with E-state index in [0.717, 1.165) is 30.8 Å². The van der Waals surface area contributed by atoms with Gasteiger partial charge < -0.3 is 21.6 Å². The molecule has 0 aliphatic heterocycles. The van der Waals surface area contributed by atoms with Crippen LogP contribution in [0.15, 0.2) is 43.0 Å². The summed E-state index contributed by atoms with van der Waals surface area (Å²) in [7, 11) is 4.57. The summed E-state index contributed by atoms with van der Waals surface area (Å²) in [6.45, 7) is 11.5. The second-order valence-corrected chi connectivity index (χ2v) is 7.80. The van der Waals surface area contributed by atoms with Crippen LogP contribution in [-0.4, -0.2) is 38.3 Å². The molecule has 0 amide bonds. The summed E-state index contributed by atoms with van der Waals surface area (Å²) in [4.78, 5) is 0. The number of likely N-dealkylation sites (N-methyl/N-ethyl adjacent to an activating group) is 1. The van der Waals surface area contributed by atoms with Crippen LogP contribution in [0.3, 0.4) is 0 Å². The summed E-state index contributed by atoms with van der Waals surface area (Å²) < 4.78 is 6.82. The van der Waals surface area contributed by atoms with Crippen molar-refractivity contribution in [3.63, 3.8) is 0 Å². The van der Waals surface area contributed by atoms with Gasteiger partial charge in [-0.3, -0.25) is 0 Å². The molecule has 158 valence electrons. The maximum absolute atomic E-state index is 5.84. The maximum atomic E-state index is 5.84. The number of nitrogens with zero attached hydrogens (tertiary/aromatic N) is 1. The standard InChI is InChI=1S/C21H38NO.C3H6.ClH/c1-4-5-6-7-8-9-10-14-18-23-19-17-22(2,3)20-21-15-12-11-13-16-21;1-3-2;/h11-13,15-16H,4-10,14,17-20H2,1-3H3;3H,1H2,2H3;1H/q+1;;/p-1. The van der Waals surface area contributed by atoms with Gasteiger partial charge in [-0.1, -0.05) is 88.3 Å². The Bertz CT molecular complexity index is 420. The molecular formula is C24H44ClNO. The Kier molecular flexibility index (Phi) is 20.9. The molecule has 0 saturated carbocycles. The number of hydrogen-bond acceptors (Lipinski definition) is 1. The van der Waals surface area contributed by atoms with E-state index in [9.17, 15) is 0 Å². The Morgan fingerprint density at radius 1 is 0.889 bits per heavy atom. The first-order chi connectivity index (χ1) is 12.6. The van der Waals surface area contributed by atoms with Crippen molar-refractivity contribution in [1.29, 1.82) is 0 Å². The number of quaternary nitrogens is 1. The molecule has 0 fully saturated rings. The third-order valence-corrected chi connectivity index (χ3v) is 4.44. The minimum atomic E-state index is 0. The van der Waals surface area contributed by atoms with Crippen molar-refractivity contribution in [1.82, 2.24) is 0 Å². The third kappa shape index (κ3) is 19.7. The predicted octanol–water partition coefficient (Wildman–Crippen LogP) is 3.62. The lowest BCUT2D eigenvalue weighted by atomic mass is 10.1. The Morgan fingerprint density at radius 3 is 1.96 bits per heavy atom. The van der Waals surface area contributed by atoms with E-state index in [1.807, 2.05) is 6.92 Å². The van der Waals surface area contributed by atoms with Crippen LogP contribution in [-0.2, 0) is 11.3 Å². The lowest BCUT2D eigenvalue weighted by molar-refractivity contribution is -0.904. The smallest absolute Gasteiger partial charge is 0.104 e. The second kappa shape index (κ2) is 19.9. The van der Waals surface area contributed by atoms with E-state index in [2.05, 4.69) is 57.9 Å². The van der Waals surface area contributed by atoms with Gasteiger partial charge >= 0.3 is 0 Å². The highest BCUT2D eigenvalue weighted by atomic mass is 35.5. The molecule has 1 rings (SSSR count). The lowest BCUT2D eigenvalue weighted by Gasteiger charge is -2.29. The summed E-state index contributed by atoms with van der Waals surface area (Å²) in [5, 5.41) is 0. The first kappa shape index (κ1) is 28.4. The quantitative estimate of drug-likeness (QED) is 0.264. The SMILES string of the molecule is C=CC.CCCCCCCCCCOCC[N+](C)(C)Cc1ccccc1.[Cl-]. The topological polar surface area (TPSA) is 9.23 Å². The van der Waals surface area contributed by atoms with Gasteiger partial charge in [0, 0.05) is 12.2 Å². The zero-order valence-corrected chi connectivity index (χ0v) is 19.1. The summed E-state index contributed by atoms with van der Waals surface area (Å²) in [5.74, 6) is 0. The largest absolute Gasteiger partial charge is 1.00 e. The molecule has 0 atom stereocenters. The van der Waals surface area contributed by atoms with Crippen LogP contribution in [0.25, 0.3) is 0 Å². The fourth-order valence-electron chi connectivity index (χ4n) is 2.91. The van der Waals surface area contributed by atoms with Crippen molar-refractivity contribution < 1.29 is 21.6 Å².